The van der Waals surface area contributed by atoms with E-state index in [1.165, 1.54) is 11.1 Å². The molecule has 0 aromatic heterocycles. The standard InChI is InChI=1S/C12H16N2/c1-3-9(2)14-8-10-6-4-5-7-11(10)12(14)13/h4-7,9,13H,3,8H2,1-2H3/p+1/t9-/m1/s1. The molecule has 74 valence electrons. The third-order valence-corrected chi connectivity index (χ3v) is 3.07. The fraction of sp³-hybridized carbons (Fsp3) is 0.417. The van der Waals surface area contributed by atoms with Crippen LogP contribution in [0.2, 0.25) is 0 Å². The fourth-order valence-corrected chi connectivity index (χ4v) is 1.95. The molecule has 0 aliphatic carbocycles. The molecule has 2 N–H and O–H groups in total. The first-order valence-corrected chi connectivity index (χ1v) is 5.21. The fourth-order valence-electron chi connectivity index (χ4n) is 1.95. The lowest BCUT2D eigenvalue weighted by atomic mass is 10.1. The van der Waals surface area contributed by atoms with Crippen molar-refractivity contribution in [2.45, 2.75) is 32.9 Å². The van der Waals surface area contributed by atoms with E-state index in [1.807, 2.05) is 6.07 Å². The molecule has 2 heteroatoms. The van der Waals surface area contributed by atoms with E-state index in [9.17, 15) is 0 Å². The summed E-state index contributed by atoms with van der Waals surface area (Å²) in [7, 11) is 0. The highest BCUT2D eigenvalue weighted by molar-refractivity contribution is 5.96. The largest absolute Gasteiger partial charge is 0.287 e. The van der Waals surface area contributed by atoms with E-state index in [4.69, 9.17) is 5.73 Å². The molecule has 0 saturated carbocycles. The van der Waals surface area contributed by atoms with Gasteiger partial charge >= 0.3 is 0 Å². The summed E-state index contributed by atoms with van der Waals surface area (Å²) in [5.41, 5.74) is 8.68. The summed E-state index contributed by atoms with van der Waals surface area (Å²) in [6, 6.07) is 8.91. The van der Waals surface area contributed by atoms with Crippen molar-refractivity contribution in [2.75, 3.05) is 0 Å². The van der Waals surface area contributed by atoms with Crippen molar-refractivity contribution in [1.29, 1.82) is 0 Å². The Morgan fingerprint density at radius 3 is 2.79 bits per heavy atom. The zero-order chi connectivity index (χ0) is 10.1. The molecule has 1 aliphatic rings. The Hall–Kier alpha value is -1.31. The Balaban J connectivity index is 2.39. The van der Waals surface area contributed by atoms with Crippen molar-refractivity contribution in [1.82, 2.24) is 0 Å². The molecule has 1 aromatic rings. The summed E-state index contributed by atoms with van der Waals surface area (Å²) < 4.78 is 2.28. The quantitative estimate of drug-likeness (QED) is 0.705. The van der Waals surface area contributed by atoms with Crippen molar-refractivity contribution in [3.05, 3.63) is 35.4 Å². The monoisotopic (exact) mass is 189 g/mol. The second-order valence-corrected chi connectivity index (χ2v) is 3.93. The summed E-state index contributed by atoms with van der Waals surface area (Å²) in [6.45, 7) is 5.39. The minimum atomic E-state index is 0.530. The average molecular weight is 189 g/mol. The predicted molar refractivity (Wildman–Crippen MR) is 58.5 cm³/mol. The molecule has 14 heavy (non-hydrogen) atoms. The Bertz CT molecular complexity index is 380. The van der Waals surface area contributed by atoms with E-state index >= 15 is 0 Å². The molecule has 0 spiro atoms. The highest BCUT2D eigenvalue weighted by atomic mass is 15.1. The van der Waals surface area contributed by atoms with Crippen LogP contribution in [-0.4, -0.2) is 16.5 Å². The molecule has 1 aliphatic heterocycles. The molecule has 1 atom stereocenters. The number of amidine groups is 1. The number of rotatable bonds is 2. The minimum Gasteiger partial charge on any atom is -0.287 e. The average Bonchev–Trinajstić information content (AvgIpc) is 2.56. The van der Waals surface area contributed by atoms with Crippen LogP contribution in [0.4, 0.5) is 0 Å². The van der Waals surface area contributed by atoms with Gasteiger partial charge in [0.1, 0.15) is 6.54 Å². The van der Waals surface area contributed by atoms with Crippen LogP contribution in [0.5, 0.6) is 0 Å². The lowest BCUT2D eigenvalue weighted by Crippen LogP contribution is -2.29. The predicted octanol–water partition coefficient (Wildman–Crippen LogP) is 1.72. The number of fused-ring (bicyclic) bond motifs is 1. The van der Waals surface area contributed by atoms with Gasteiger partial charge in [-0.3, -0.25) is 10.3 Å². The lowest BCUT2D eigenvalue weighted by molar-refractivity contribution is -0.574. The minimum absolute atomic E-state index is 0.530. The Kier molecular flexibility index (Phi) is 2.28. The maximum absolute atomic E-state index is 6.11. The molecule has 0 amide bonds. The van der Waals surface area contributed by atoms with Crippen LogP contribution in [0.25, 0.3) is 0 Å². The molecular weight excluding hydrogens is 172 g/mol. The van der Waals surface area contributed by atoms with E-state index < -0.39 is 0 Å². The number of hydrogen-bond acceptors (Lipinski definition) is 1. The van der Waals surface area contributed by atoms with Gasteiger partial charge in [-0.05, 0) is 19.4 Å². The summed E-state index contributed by atoms with van der Waals surface area (Å²) >= 11 is 0. The molecule has 2 nitrogen and oxygen atoms in total. The van der Waals surface area contributed by atoms with Crippen molar-refractivity contribution in [3.63, 3.8) is 0 Å². The van der Waals surface area contributed by atoms with Crippen LogP contribution >= 0.6 is 0 Å². The molecule has 0 saturated heterocycles. The van der Waals surface area contributed by atoms with Gasteiger partial charge in [0.05, 0.1) is 11.6 Å². The van der Waals surface area contributed by atoms with Crippen molar-refractivity contribution >= 4 is 5.84 Å². The van der Waals surface area contributed by atoms with Crippen LogP contribution in [-0.2, 0) is 6.54 Å². The number of hydrogen-bond donors (Lipinski definition) is 1. The van der Waals surface area contributed by atoms with Gasteiger partial charge in [0.25, 0.3) is 5.84 Å². The Morgan fingerprint density at radius 2 is 2.14 bits per heavy atom. The van der Waals surface area contributed by atoms with Crippen LogP contribution < -0.4 is 5.73 Å². The third-order valence-electron chi connectivity index (χ3n) is 3.07. The van der Waals surface area contributed by atoms with Crippen molar-refractivity contribution < 1.29 is 4.58 Å². The number of nitrogens with two attached hydrogens (primary N) is 1. The van der Waals surface area contributed by atoms with E-state index in [-0.39, 0.29) is 0 Å². The summed E-state index contributed by atoms with van der Waals surface area (Å²) in [4.78, 5) is 0. The number of nitrogens with zero attached hydrogens (tertiary/aromatic N) is 1. The van der Waals surface area contributed by atoms with Gasteiger partial charge in [-0.1, -0.05) is 25.1 Å². The number of benzene rings is 1. The summed E-state index contributed by atoms with van der Waals surface area (Å²) in [5.74, 6) is 0.940. The Labute approximate surface area is 85.1 Å². The topological polar surface area (TPSA) is 29.0 Å². The van der Waals surface area contributed by atoms with E-state index in [0.29, 0.717) is 6.04 Å². The van der Waals surface area contributed by atoms with Crippen LogP contribution in [0.15, 0.2) is 24.3 Å². The zero-order valence-corrected chi connectivity index (χ0v) is 8.83. The summed E-state index contributed by atoms with van der Waals surface area (Å²) in [6.07, 6.45) is 1.13. The van der Waals surface area contributed by atoms with E-state index in [2.05, 4.69) is 36.6 Å². The van der Waals surface area contributed by atoms with Gasteiger partial charge in [-0.15, -0.1) is 0 Å². The SMILES string of the molecule is CC[C@@H](C)[N+]1=C(N)c2ccccc2C1. The second-order valence-electron chi connectivity index (χ2n) is 3.93. The molecule has 0 radical (unpaired) electrons. The molecule has 2 rings (SSSR count). The lowest BCUT2D eigenvalue weighted by Gasteiger charge is -2.09. The van der Waals surface area contributed by atoms with Crippen molar-refractivity contribution in [2.24, 2.45) is 5.73 Å². The second kappa shape index (κ2) is 3.45. The summed E-state index contributed by atoms with van der Waals surface area (Å²) in [5, 5.41) is 0. The Morgan fingerprint density at radius 1 is 1.43 bits per heavy atom. The van der Waals surface area contributed by atoms with Gasteiger partial charge in [0.15, 0.2) is 0 Å². The van der Waals surface area contributed by atoms with Gasteiger partial charge in [0.2, 0.25) is 0 Å². The van der Waals surface area contributed by atoms with Crippen LogP contribution in [0.3, 0.4) is 0 Å². The van der Waals surface area contributed by atoms with E-state index in [1.54, 1.807) is 0 Å². The molecule has 1 aromatic carbocycles. The first-order valence-electron chi connectivity index (χ1n) is 5.21. The molecule has 0 fully saturated rings. The third kappa shape index (κ3) is 1.31. The first kappa shape index (κ1) is 9.25. The maximum Gasteiger partial charge on any atom is 0.275 e. The molecule has 0 unspecified atom stereocenters. The molecular formula is C12H17N2+. The van der Waals surface area contributed by atoms with Gasteiger partial charge < -0.3 is 0 Å². The van der Waals surface area contributed by atoms with Crippen LogP contribution in [0, 0.1) is 0 Å². The van der Waals surface area contributed by atoms with Gasteiger partial charge in [0, 0.05) is 5.56 Å². The zero-order valence-electron chi connectivity index (χ0n) is 8.83. The normalized spacial score (nSPS) is 17.0. The highest BCUT2D eigenvalue weighted by Crippen LogP contribution is 2.18. The maximum atomic E-state index is 6.11. The van der Waals surface area contributed by atoms with Crippen molar-refractivity contribution in [3.8, 4) is 0 Å². The van der Waals surface area contributed by atoms with Crippen LogP contribution in [0.1, 0.15) is 31.4 Å². The molecule has 1 heterocycles. The smallest absolute Gasteiger partial charge is 0.275 e. The highest BCUT2D eigenvalue weighted by Gasteiger charge is 2.26. The molecule has 0 bridgehead atoms. The van der Waals surface area contributed by atoms with Gasteiger partial charge in [-0.2, -0.15) is 0 Å². The first-order chi connectivity index (χ1) is 6.74. The van der Waals surface area contributed by atoms with E-state index in [0.717, 1.165) is 18.8 Å². The van der Waals surface area contributed by atoms with Gasteiger partial charge in [-0.25, -0.2) is 0 Å².